The lowest BCUT2D eigenvalue weighted by Crippen LogP contribution is -2.41. The summed E-state index contributed by atoms with van der Waals surface area (Å²) in [5.74, 6) is -0.749. The minimum atomic E-state index is -3.09. The predicted molar refractivity (Wildman–Crippen MR) is 50.9 cm³/mol. The number of hydrogen-bond acceptors (Lipinski definition) is 3. The second-order valence-corrected chi connectivity index (χ2v) is 5.88. The van der Waals surface area contributed by atoms with Crippen molar-refractivity contribution in [2.75, 3.05) is 17.4 Å². The van der Waals surface area contributed by atoms with Crippen LogP contribution in [0.25, 0.3) is 0 Å². The van der Waals surface area contributed by atoms with E-state index in [0.29, 0.717) is 0 Å². The molecule has 13 heavy (non-hydrogen) atoms. The number of sulfone groups is 1. The standard InChI is InChI=1S/C6H9Cl2NO3S/c7-1-6(10)9-5-3-13(11,12)2-4(5)8/h4-5H,1-3H2,(H,9,10)/t4-,5-/m1/s1. The van der Waals surface area contributed by atoms with E-state index in [1.807, 2.05) is 0 Å². The van der Waals surface area contributed by atoms with Crippen molar-refractivity contribution in [3.8, 4) is 0 Å². The summed E-state index contributed by atoms with van der Waals surface area (Å²) in [6.45, 7) is 0. The van der Waals surface area contributed by atoms with Crippen molar-refractivity contribution < 1.29 is 13.2 Å². The predicted octanol–water partition coefficient (Wildman–Crippen LogP) is -0.254. The summed E-state index contributed by atoms with van der Waals surface area (Å²) in [4.78, 5) is 10.8. The first-order chi connectivity index (χ1) is 5.94. The molecule has 1 fully saturated rings. The summed E-state index contributed by atoms with van der Waals surface area (Å²) in [6.07, 6.45) is 0. The Bertz CT molecular complexity index is 303. The lowest BCUT2D eigenvalue weighted by Gasteiger charge is -2.12. The zero-order valence-corrected chi connectivity index (χ0v) is 8.99. The summed E-state index contributed by atoms with van der Waals surface area (Å²) in [5.41, 5.74) is 0. The molecule has 0 spiro atoms. The monoisotopic (exact) mass is 245 g/mol. The van der Waals surface area contributed by atoms with Crippen LogP contribution in [-0.2, 0) is 14.6 Å². The van der Waals surface area contributed by atoms with Gasteiger partial charge in [0.1, 0.15) is 5.88 Å². The van der Waals surface area contributed by atoms with E-state index in [1.165, 1.54) is 0 Å². The van der Waals surface area contributed by atoms with Crippen LogP contribution in [0, 0.1) is 0 Å². The van der Waals surface area contributed by atoms with Crippen LogP contribution < -0.4 is 5.32 Å². The van der Waals surface area contributed by atoms with Gasteiger partial charge in [-0.15, -0.1) is 23.2 Å². The molecule has 4 nitrogen and oxygen atoms in total. The largest absolute Gasteiger partial charge is 0.350 e. The number of amides is 1. The maximum absolute atomic E-state index is 11.1. The molecule has 1 amide bonds. The Labute approximate surface area is 86.5 Å². The van der Waals surface area contributed by atoms with Crippen molar-refractivity contribution in [2.24, 2.45) is 0 Å². The van der Waals surface area contributed by atoms with E-state index in [9.17, 15) is 13.2 Å². The molecule has 1 aliphatic heterocycles. The summed E-state index contributed by atoms with van der Waals surface area (Å²) >= 11 is 11.0. The molecule has 0 unspecified atom stereocenters. The molecule has 1 heterocycles. The Morgan fingerprint density at radius 3 is 2.46 bits per heavy atom. The van der Waals surface area contributed by atoms with Gasteiger partial charge in [0.25, 0.3) is 0 Å². The Balaban J connectivity index is 2.59. The van der Waals surface area contributed by atoms with Gasteiger partial charge in [-0.05, 0) is 0 Å². The van der Waals surface area contributed by atoms with Crippen molar-refractivity contribution in [1.29, 1.82) is 0 Å². The topological polar surface area (TPSA) is 63.2 Å². The van der Waals surface area contributed by atoms with Gasteiger partial charge in [-0.25, -0.2) is 8.42 Å². The Kier molecular flexibility index (Phi) is 3.43. The van der Waals surface area contributed by atoms with Gasteiger partial charge >= 0.3 is 0 Å². The van der Waals surface area contributed by atoms with Gasteiger partial charge < -0.3 is 5.32 Å². The van der Waals surface area contributed by atoms with E-state index in [0.717, 1.165) is 0 Å². The van der Waals surface area contributed by atoms with Crippen molar-refractivity contribution in [1.82, 2.24) is 5.32 Å². The molecule has 0 aromatic heterocycles. The molecule has 1 N–H and O–H groups in total. The van der Waals surface area contributed by atoms with Gasteiger partial charge in [0.05, 0.1) is 22.9 Å². The molecule has 0 aromatic carbocycles. The average molecular weight is 246 g/mol. The third-order valence-corrected chi connectivity index (χ3v) is 4.37. The third-order valence-electron chi connectivity index (χ3n) is 1.75. The normalized spacial score (nSPS) is 31.5. The fourth-order valence-corrected chi connectivity index (χ4v) is 3.81. The lowest BCUT2D eigenvalue weighted by molar-refractivity contribution is -0.119. The highest BCUT2D eigenvalue weighted by Crippen LogP contribution is 2.17. The molecule has 0 radical (unpaired) electrons. The number of hydrogen-bond donors (Lipinski definition) is 1. The van der Waals surface area contributed by atoms with E-state index in [1.54, 1.807) is 0 Å². The third kappa shape index (κ3) is 3.00. The van der Waals surface area contributed by atoms with Crippen molar-refractivity contribution in [2.45, 2.75) is 11.4 Å². The number of nitrogens with one attached hydrogen (secondary N) is 1. The molecule has 7 heteroatoms. The molecule has 0 bridgehead atoms. The van der Waals surface area contributed by atoms with Gasteiger partial charge in [-0.1, -0.05) is 0 Å². The molecule has 1 rings (SSSR count). The minimum absolute atomic E-state index is 0.0816. The quantitative estimate of drug-likeness (QED) is 0.683. The molecule has 1 saturated heterocycles. The van der Waals surface area contributed by atoms with Gasteiger partial charge in [0.2, 0.25) is 5.91 Å². The maximum atomic E-state index is 11.1. The van der Waals surface area contributed by atoms with Crippen LogP contribution in [-0.4, -0.2) is 43.1 Å². The van der Waals surface area contributed by atoms with Gasteiger partial charge in [0.15, 0.2) is 9.84 Å². The number of rotatable bonds is 2. The average Bonchev–Trinajstić information content (AvgIpc) is 2.24. The second-order valence-electron chi connectivity index (χ2n) is 2.90. The first kappa shape index (κ1) is 11.1. The van der Waals surface area contributed by atoms with Gasteiger partial charge in [0, 0.05) is 0 Å². The molecule has 0 aliphatic carbocycles. The highest BCUT2D eigenvalue weighted by molar-refractivity contribution is 7.91. The van der Waals surface area contributed by atoms with E-state index in [4.69, 9.17) is 23.2 Å². The Morgan fingerprint density at radius 1 is 1.46 bits per heavy atom. The second kappa shape index (κ2) is 4.02. The van der Waals surface area contributed by atoms with E-state index in [-0.39, 0.29) is 17.4 Å². The molecular formula is C6H9Cl2NO3S. The fraction of sp³-hybridized carbons (Fsp3) is 0.833. The van der Waals surface area contributed by atoms with Crippen LogP contribution in [0.5, 0.6) is 0 Å². The fourth-order valence-electron chi connectivity index (χ4n) is 1.18. The van der Waals surface area contributed by atoms with E-state index < -0.39 is 27.2 Å². The Morgan fingerprint density at radius 2 is 2.08 bits per heavy atom. The number of halogens is 2. The molecule has 1 aliphatic rings. The molecule has 76 valence electrons. The van der Waals surface area contributed by atoms with Crippen molar-refractivity contribution in [3.05, 3.63) is 0 Å². The summed E-state index contributed by atoms with van der Waals surface area (Å²) in [5, 5.41) is 1.91. The molecule has 2 atom stereocenters. The Hall–Kier alpha value is -0.000000000000000111. The van der Waals surface area contributed by atoms with Gasteiger partial charge in [-0.2, -0.15) is 0 Å². The van der Waals surface area contributed by atoms with Crippen molar-refractivity contribution >= 4 is 38.9 Å². The van der Waals surface area contributed by atoms with Crippen LogP contribution in [0.2, 0.25) is 0 Å². The van der Waals surface area contributed by atoms with Crippen LogP contribution in [0.3, 0.4) is 0 Å². The highest BCUT2D eigenvalue weighted by Gasteiger charge is 2.36. The summed E-state index contributed by atoms with van der Waals surface area (Å²) in [6, 6.07) is -0.502. The van der Waals surface area contributed by atoms with Crippen LogP contribution in [0.1, 0.15) is 0 Å². The van der Waals surface area contributed by atoms with Crippen LogP contribution >= 0.6 is 23.2 Å². The smallest absolute Gasteiger partial charge is 0.235 e. The highest BCUT2D eigenvalue weighted by atomic mass is 35.5. The first-order valence-corrected chi connectivity index (χ1v) is 6.43. The number of alkyl halides is 2. The van der Waals surface area contributed by atoms with E-state index >= 15 is 0 Å². The first-order valence-electron chi connectivity index (χ1n) is 3.64. The van der Waals surface area contributed by atoms with E-state index in [2.05, 4.69) is 5.32 Å². The SMILES string of the molecule is O=C(CCl)N[C@@H]1CS(=O)(=O)C[C@H]1Cl. The van der Waals surface area contributed by atoms with Crippen LogP contribution in [0.15, 0.2) is 0 Å². The number of carbonyl (C=O) groups excluding carboxylic acids is 1. The molecule has 0 saturated carbocycles. The summed E-state index contributed by atoms with van der Waals surface area (Å²) < 4.78 is 22.1. The molecular weight excluding hydrogens is 237 g/mol. The zero-order chi connectivity index (χ0) is 10.1. The maximum Gasteiger partial charge on any atom is 0.235 e. The summed E-state index contributed by atoms with van der Waals surface area (Å²) in [7, 11) is -3.09. The molecule has 0 aromatic rings. The van der Waals surface area contributed by atoms with Gasteiger partial charge in [-0.3, -0.25) is 4.79 Å². The van der Waals surface area contributed by atoms with Crippen LogP contribution in [0.4, 0.5) is 0 Å². The lowest BCUT2D eigenvalue weighted by atomic mass is 10.2. The zero-order valence-electron chi connectivity index (χ0n) is 6.66. The van der Waals surface area contributed by atoms with Crippen molar-refractivity contribution in [3.63, 3.8) is 0 Å². The number of carbonyl (C=O) groups is 1. The minimum Gasteiger partial charge on any atom is -0.350 e.